The highest BCUT2D eigenvalue weighted by Crippen LogP contribution is 2.38. The molecule has 1 aromatic carbocycles. The van der Waals surface area contributed by atoms with Gasteiger partial charge in [0.25, 0.3) is 0 Å². The van der Waals surface area contributed by atoms with Crippen LogP contribution >= 0.6 is 0 Å². The van der Waals surface area contributed by atoms with Gasteiger partial charge in [0, 0.05) is 0 Å². The monoisotopic (exact) mass is 287 g/mol. The Morgan fingerprint density at radius 2 is 1.42 bits per heavy atom. The normalized spacial score (nSPS) is 12.3. The maximum atomic E-state index is 12.4. The first-order valence-electron chi connectivity index (χ1n) is 4.86. The Hall–Kier alpha value is -1.80. The lowest BCUT2D eigenvalue weighted by atomic mass is 10.1. The van der Waals surface area contributed by atoms with E-state index in [1.54, 1.807) is 0 Å². The molecule has 9 heteroatoms. The van der Waals surface area contributed by atoms with Gasteiger partial charge in [0.1, 0.15) is 18.9 Å². The molecule has 0 heterocycles. The third-order valence-electron chi connectivity index (χ3n) is 2.01. The van der Waals surface area contributed by atoms with E-state index in [-0.39, 0.29) is 12.6 Å². The van der Waals surface area contributed by atoms with Crippen LogP contribution in [0.25, 0.3) is 0 Å². The molecule has 0 unspecified atom stereocenters. The van der Waals surface area contributed by atoms with Gasteiger partial charge in [-0.1, -0.05) is 5.18 Å². The van der Waals surface area contributed by atoms with E-state index in [0.717, 1.165) is 0 Å². The smallest absolute Gasteiger partial charge is 0.416 e. The predicted octanol–water partition coefficient (Wildman–Crippen LogP) is 3.87. The van der Waals surface area contributed by atoms with Gasteiger partial charge in [-0.3, -0.25) is 0 Å². The van der Waals surface area contributed by atoms with Crippen molar-refractivity contribution in [3.05, 3.63) is 34.2 Å². The number of hydrogen-bond donors (Lipinski definition) is 0. The molecule has 0 aromatic heterocycles. The van der Waals surface area contributed by atoms with Crippen molar-refractivity contribution >= 4 is 0 Å². The third-order valence-corrected chi connectivity index (χ3v) is 2.01. The molecule has 106 valence electrons. The van der Waals surface area contributed by atoms with Crippen molar-refractivity contribution in [3.63, 3.8) is 0 Å². The first-order valence-corrected chi connectivity index (χ1v) is 4.86. The molecule has 19 heavy (non-hydrogen) atoms. The molecule has 0 aliphatic heterocycles. The quantitative estimate of drug-likeness (QED) is 0.479. The standard InChI is InChI=1S/C10H7F6NO2/c11-9(12,13)6-3-7(10(14,15)16)5-8(4-6)19-2-1-17-18/h3-5H,1-2H2. The number of alkyl halides is 6. The van der Waals surface area contributed by atoms with E-state index < -0.39 is 35.8 Å². The average molecular weight is 287 g/mol. The van der Waals surface area contributed by atoms with Crippen LogP contribution < -0.4 is 4.74 Å². The summed E-state index contributed by atoms with van der Waals surface area (Å²) in [5.74, 6) is -0.620. The first-order chi connectivity index (χ1) is 8.64. The summed E-state index contributed by atoms with van der Waals surface area (Å²) in [6.45, 7) is -0.778. The Kier molecular flexibility index (Phi) is 4.38. The van der Waals surface area contributed by atoms with Crippen molar-refractivity contribution < 1.29 is 31.1 Å². The van der Waals surface area contributed by atoms with Crippen LogP contribution in [0.5, 0.6) is 5.75 Å². The fourth-order valence-corrected chi connectivity index (χ4v) is 1.21. The molecule has 1 aromatic rings. The number of ether oxygens (including phenoxy) is 1. The van der Waals surface area contributed by atoms with E-state index in [1.165, 1.54) is 0 Å². The molecular weight excluding hydrogens is 280 g/mol. The van der Waals surface area contributed by atoms with Gasteiger partial charge >= 0.3 is 12.4 Å². The molecule has 0 aliphatic rings. The third kappa shape index (κ3) is 4.42. The van der Waals surface area contributed by atoms with Crippen LogP contribution in [0.1, 0.15) is 11.1 Å². The van der Waals surface area contributed by atoms with Crippen LogP contribution in [0.15, 0.2) is 23.4 Å². The lowest BCUT2D eigenvalue weighted by Crippen LogP contribution is -2.12. The van der Waals surface area contributed by atoms with E-state index >= 15 is 0 Å². The number of nitroso groups, excluding NO2 is 1. The summed E-state index contributed by atoms with van der Waals surface area (Å²) in [6, 6.07) is 0.852. The Morgan fingerprint density at radius 1 is 0.947 bits per heavy atom. The molecule has 0 amide bonds. The molecule has 0 fully saturated rings. The molecule has 0 radical (unpaired) electrons. The van der Waals surface area contributed by atoms with E-state index in [1.807, 2.05) is 0 Å². The number of hydrogen-bond acceptors (Lipinski definition) is 3. The lowest BCUT2D eigenvalue weighted by molar-refractivity contribution is -0.143. The highest BCUT2D eigenvalue weighted by atomic mass is 19.4. The first kappa shape index (κ1) is 15.3. The van der Waals surface area contributed by atoms with Gasteiger partial charge < -0.3 is 4.74 Å². The molecule has 0 spiro atoms. The Bertz CT molecular complexity index is 422. The summed E-state index contributed by atoms with van der Waals surface area (Å²) >= 11 is 0. The minimum atomic E-state index is -4.93. The summed E-state index contributed by atoms with van der Waals surface area (Å²) in [5.41, 5.74) is -2.95. The maximum Gasteiger partial charge on any atom is 0.416 e. The summed E-state index contributed by atoms with van der Waals surface area (Å²) in [7, 11) is 0. The largest absolute Gasteiger partial charge is 0.491 e. The second kappa shape index (κ2) is 5.45. The molecule has 0 N–H and O–H groups in total. The zero-order valence-corrected chi connectivity index (χ0v) is 9.18. The molecule has 0 bridgehead atoms. The minimum absolute atomic E-state index is 0.00909. The van der Waals surface area contributed by atoms with Crippen LogP contribution in [-0.2, 0) is 12.4 Å². The van der Waals surface area contributed by atoms with Crippen LogP contribution in [0.3, 0.4) is 0 Å². The highest BCUT2D eigenvalue weighted by molar-refractivity contribution is 5.37. The molecule has 0 saturated heterocycles. The summed E-state index contributed by atoms with van der Waals surface area (Å²) in [4.78, 5) is 9.76. The van der Waals surface area contributed by atoms with Crippen LogP contribution in [0.2, 0.25) is 0 Å². The molecule has 3 nitrogen and oxygen atoms in total. The molecule has 0 atom stereocenters. The van der Waals surface area contributed by atoms with Gasteiger partial charge in [0.05, 0.1) is 11.1 Å². The number of halogens is 6. The van der Waals surface area contributed by atoms with Crippen molar-refractivity contribution in [3.8, 4) is 5.75 Å². The van der Waals surface area contributed by atoms with Gasteiger partial charge in [-0.05, 0) is 18.2 Å². The predicted molar refractivity (Wildman–Crippen MR) is 52.6 cm³/mol. The molecule has 0 saturated carbocycles. The minimum Gasteiger partial charge on any atom is -0.491 e. The zero-order valence-electron chi connectivity index (χ0n) is 9.18. The van der Waals surface area contributed by atoms with Gasteiger partial charge in [0.2, 0.25) is 0 Å². The summed E-state index contributed by atoms with van der Waals surface area (Å²) < 4.78 is 79.2. The molecule has 1 rings (SSSR count). The second-order valence-corrected chi connectivity index (χ2v) is 3.44. The van der Waals surface area contributed by atoms with Crippen LogP contribution in [0, 0.1) is 4.91 Å². The van der Waals surface area contributed by atoms with Gasteiger partial charge in [-0.15, -0.1) is 0 Å². The van der Waals surface area contributed by atoms with Gasteiger partial charge in [-0.25, -0.2) is 0 Å². The van der Waals surface area contributed by atoms with E-state index in [4.69, 9.17) is 0 Å². The van der Waals surface area contributed by atoms with E-state index in [0.29, 0.717) is 12.1 Å². The van der Waals surface area contributed by atoms with E-state index in [9.17, 15) is 31.2 Å². The fraction of sp³-hybridized carbons (Fsp3) is 0.400. The Morgan fingerprint density at radius 3 is 1.79 bits per heavy atom. The van der Waals surface area contributed by atoms with Crippen molar-refractivity contribution in [2.24, 2.45) is 5.18 Å². The van der Waals surface area contributed by atoms with Gasteiger partial charge in [-0.2, -0.15) is 31.2 Å². The number of rotatable bonds is 4. The lowest BCUT2D eigenvalue weighted by Gasteiger charge is -2.14. The maximum absolute atomic E-state index is 12.4. The Balaban J connectivity index is 3.13. The van der Waals surface area contributed by atoms with Crippen LogP contribution in [-0.4, -0.2) is 13.2 Å². The van der Waals surface area contributed by atoms with Crippen molar-refractivity contribution in [2.45, 2.75) is 12.4 Å². The van der Waals surface area contributed by atoms with E-state index in [2.05, 4.69) is 9.91 Å². The average Bonchev–Trinajstić information content (AvgIpc) is 2.27. The number of nitrogens with zero attached hydrogens (tertiary/aromatic N) is 1. The summed E-state index contributed by atoms with van der Waals surface area (Å²) in [5, 5.41) is 2.37. The van der Waals surface area contributed by atoms with Crippen LogP contribution in [0.4, 0.5) is 26.3 Å². The topological polar surface area (TPSA) is 38.7 Å². The van der Waals surface area contributed by atoms with Gasteiger partial charge in [0.15, 0.2) is 0 Å². The molecule has 0 aliphatic carbocycles. The summed E-state index contributed by atoms with van der Waals surface area (Å²) in [6.07, 6.45) is -9.86. The SMILES string of the molecule is O=NCCOc1cc(C(F)(F)F)cc(C(F)(F)F)c1. The van der Waals surface area contributed by atoms with Crippen molar-refractivity contribution in [1.82, 2.24) is 0 Å². The fourth-order valence-electron chi connectivity index (χ4n) is 1.21. The van der Waals surface area contributed by atoms with Crippen molar-refractivity contribution in [1.29, 1.82) is 0 Å². The zero-order chi connectivity index (χ0) is 14.7. The second-order valence-electron chi connectivity index (χ2n) is 3.44. The Labute approximate surface area is 103 Å². The van der Waals surface area contributed by atoms with Crippen molar-refractivity contribution in [2.75, 3.05) is 13.2 Å². The molecular formula is C10H7F6NO2. The number of benzene rings is 1. The highest BCUT2D eigenvalue weighted by Gasteiger charge is 2.37.